The van der Waals surface area contributed by atoms with Crippen LogP contribution in [0, 0.1) is 0 Å². The van der Waals surface area contributed by atoms with Crippen LogP contribution < -0.4 is 5.56 Å². The summed E-state index contributed by atoms with van der Waals surface area (Å²) in [5.74, 6) is 0. The number of hydrogen-bond acceptors (Lipinski definition) is 7. The predicted octanol–water partition coefficient (Wildman–Crippen LogP) is -1.51. The number of nitrogens with one attached hydrogen (secondary N) is 1. The molecule has 0 unspecified atom stereocenters. The third kappa shape index (κ3) is 1.65. The zero-order valence-corrected chi connectivity index (χ0v) is 10.4. The molecule has 0 bridgehead atoms. The molecule has 20 heavy (non-hydrogen) atoms. The van der Waals surface area contributed by atoms with E-state index in [9.17, 15) is 14.3 Å². The first kappa shape index (κ1) is 13.1. The van der Waals surface area contributed by atoms with Gasteiger partial charge < -0.3 is 19.9 Å². The Morgan fingerprint density at radius 2 is 2.40 bits per heavy atom. The number of aromatic amines is 1. The van der Waals surface area contributed by atoms with Gasteiger partial charge in [0, 0.05) is 0 Å². The van der Waals surface area contributed by atoms with Gasteiger partial charge in [0.2, 0.25) is 0 Å². The quantitative estimate of drug-likeness (QED) is 0.612. The van der Waals surface area contributed by atoms with E-state index >= 15 is 0 Å². The van der Waals surface area contributed by atoms with E-state index in [2.05, 4.69) is 20.3 Å². The number of aliphatic hydroxyl groups is 2. The Morgan fingerprint density at radius 3 is 3.05 bits per heavy atom. The highest BCUT2D eigenvalue weighted by Crippen LogP contribution is 2.41. The summed E-state index contributed by atoms with van der Waals surface area (Å²) in [5, 5.41) is 26.2. The highest BCUT2D eigenvalue weighted by Gasteiger charge is 2.55. The lowest BCUT2D eigenvalue weighted by Crippen LogP contribution is -2.40. The van der Waals surface area contributed by atoms with E-state index in [1.54, 1.807) is 0 Å². The van der Waals surface area contributed by atoms with E-state index < -0.39 is 36.3 Å². The molecule has 0 saturated carbocycles. The van der Waals surface area contributed by atoms with Crippen molar-refractivity contribution in [2.24, 2.45) is 0 Å². The molecule has 4 atom stereocenters. The number of fused-ring (bicyclic) bond motifs is 1. The highest BCUT2D eigenvalue weighted by atomic mass is 19.1. The highest BCUT2D eigenvalue weighted by molar-refractivity contribution is 5.67. The lowest BCUT2D eigenvalue weighted by Gasteiger charge is -2.23. The van der Waals surface area contributed by atoms with Crippen LogP contribution >= 0.6 is 0 Å². The standard InChI is InChI=1S/C10H12FN5O4/c1-10(11)6(18)4(2-17)20-9(10)16-7-5(14-15-16)8(19)13-3-12-7/h3-4,6,9,17-18H,2H2,1H3,(H,12,13,19)/t4-,6-,9-,10-/m1/s1. The van der Waals surface area contributed by atoms with Crippen molar-refractivity contribution in [3.05, 3.63) is 16.7 Å². The van der Waals surface area contributed by atoms with Crippen LogP contribution in [0.2, 0.25) is 0 Å². The maximum absolute atomic E-state index is 14.6. The zero-order valence-electron chi connectivity index (χ0n) is 10.4. The van der Waals surface area contributed by atoms with Gasteiger partial charge in [-0.2, -0.15) is 4.68 Å². The molecule has 0 spiro atoms. The molecule has 0 aliphatic carbocycles. The summed E-state index contributed by atoms with van der Waals surface area (Å²) in [7, 11) is 0. The molecule has 1 fully saturated rings. The normalized spacial score (nSPS) is 33.9. The van der Waals surface area contributed by atoms with E-state index in [-0.39, 0.29) is 11.2 Å². The number of aliphatic hydroxyl groups excluding tert-OH is 2. The van der Waals surface area contributed by atoms with Gasteiger partial charge in [-0.25, -0.2) is 9.37 Å². The first-order valence-electron chi connectivity index (χ1n) is 5.88. The molecule has 0 radical (unpaired) electrons. The maximum atomic E-state index is 14.6. The van der Waals surface area contributed by atoms with Crippen molar-refractivity contribution in [1.82, 2.24) is 25.0 Å². The van der Waals surface area contributed by atoms with Crippen LogP contribution in [-0.2, 0) is 4.74 Å². The van der Waals surface area contributed by atoms with Crippen LogP contribution in [0.5, 0.6) is 0 Å². The lowest BCUT2D eigenvalue weighted by atomic mass is 9.99. The number of hydrogen-bond donors (Lipinski definition) is 3. The number of halogens is 1. The number of aromatic nitrogens is 5. The molecule has 3 N–H and O–H groups in total. The van der Waals surface area contributed by atoms with E-state index in [1.165, 1.54) is 0 Å². The minimum Gasteiger partial charge on any atom is -0.394 e. The summed E-state index contributed by atoms with van der Waals surface area (Å²) in [6.07, 6.45) is -2.82. The summed E-state index contributed by atoms with van der Waals surface area (Å²) >= 11 is 0. The number of nitrogens with zero attached hydrogens (tertiary/aromatic N) is 4. The van der Waals surface area contributed by atoms with Crippen LogP contribution in [0.1, 0.15) is 13.2 Å². The summed E-state index contributed by atoms with van der Waals surface area (Å²) in [6.45, 7) is 0.580. The van der Waals surface area contributed by atoms with Gasteiger partial charge in [0.15, 0.2) is 23.1 Å². The molecule has 10 heteroatoms. The Kier molecular flexibility index (Phi) is 2.81. The molecule has 1 aliphatic rings. The van der Waals surface area contributed by atoms with Crippen LogP contribution in [-0.4, -0.2) is 59.7 Å². The van der Waals surface area contributed by atoms with Gasteiger partial charge >= 0.3 is 0 Å². The monoisotopic (exact) mass is 285 g/mol. The average Bonchev–Trinajstić information content (AvgIpc) is 2.92. The molecule has 1 aliphatic heterocycles. The molecule has 1 saturated heterocycles. The van der Waals surface area contributed by atoms with Gasteiger partial charge in [0.25, 0.3) is 5.56 Å². The van der Waals surface area contributed by atoms with E-state index in [0.717, 1.165) is 17.9 Å². The largest absolute Gasteiger partial charge is 0.394 e. The number of alkyl halides is 1. The van der Waals surface area contributed by atoms with Crippen molar-refractivity contribution in [3.8, 4) is 0 Å². The topological polar surface area (TPSA) is 126 Å². The first-order valence-corrected chi connectivity index (χ1v) is 5.88. The van der Waals surface area contributed by atoms with Crippen LogP contribution in [0.25, 0.3) is 11.2 Å². The number of H-pyrrole nitrogens is 1. The Balaban J connectivity index is 2.12. The fourth-order valence-corrected chi connectivity index (χ4v) is 2.26. The first-order chi connectivity index (χ1) is 9.46. The predicted molar refractivity (Wildman–Crippen MR) is 62.5 cm³/mol. The SMILES string of the molecule is C[C@@]1(F)[C@H](O)[C@@H](CO)O[C@H]1n1nnc2c(=O)[nH]cnc21. The van der Waals surface area contributed by atoms with Gasteiger partial charge in [0.1, 0.15) is 12.2 Å². The smallest absolute Gasteiger partial charge is 0.280 e. The fraction of sp³-hybridized carbons (Fsp3) is 0.600. The van der Waals surface area contributed by atoms with Gasteiger partial charge in [-0.1, -0.05) is 5.21 Å². The summed E-state index contributed by atoms with van der Waals surface area (Å²) < 4.78 is 20.9. The van der Waals surface area contributed by atoms with Crippen molar-refractivity contribution in [2.75, 3.05) is 6.61 Å². The minimum absolute atomic E-state index is 0.0356. The zero-order chi connectivity index (χ0) is 14.5. The Labute approximate surface area is 111 Å². The van der Waals surface area contributed by atoms with Crippen molar-refractivity contribution in [3.63, 3.8) is 0 Å². The second-order valence-corrected chi connectivity index (χ2v) is 4.74. The fourth-order valence-electron chi connectivity index (χ4n) is 2.26. The molecule has 0 amide bonds. The van der Waals surface area contributed by atoms with Crippen LogP contribution in [0.15, 0.2) is 11.1 Å². The summed E-state index contributed by atoms with van der Waals surface area (Å²) in [4.78, 5) is 17.7. The molecule has 9 nitrogen and oxygen atoms in total. The second kappa shape index (κ2) is 4.30. The van der Waals surface area contributed by atoms with Crippen molar-refractivity contribution in [2.45, 2.75) is 31.0 Å². The van der Waals surface area contributed by atoms with E-state index in [4.69, 9.17) is 9.84 Å². The molecule has 3 heterocycles. The lowest BCUT2D eigenvalue weighted by molar-refractivity contribution is -0.0639. The van der Waals surface area contributed by atoms with Gasteiger partial charge in [-0.3, -0.25) is 4.79 Å². The van der Waals surface area contributed by atoms with Gasteiger partial charge in [-0.05, 0) is 6.92 Å². The molecule has 108 valence electrons. The molecule has 0 aromatic carbocycles. The Bertz CT molecular complexity index is 698. The average molecular weight is 285 g/mol. The Morgan fingerprint density at radius 1 is 1.65 bits per heavy atom. The van der Waals surface area contributed by atoms with Crippen molar-refractivity contribution < 1.29 is 19.3 Å². The molecular weight excluding hydrogens is 273 g/mol. The second-order valence-electron chi connectivity index (χ2n) is 4.74. The third-order valence-corrected chi connectivity index (χ3v) is 3.39. The van der Waals surface area contributed by atoms with Crippen molar-refractivity contribution in [1.29, 1.82) is 0 Å². The van der Waals surface area contributed by atoms with E-state index in [0.29, 0.717) is 0 Å². The minimum atomic E-state index is -2.21. The number of ether oxygens (including phenoxy) is 1. The summed E-state index contributed by atoms with van der Waals surface area (Å²) in [6, 6.07) is 0. The molecular formula is C10H12FN5O4. The van der Waals surface area contributed by atoms with Crippen LogP contribution in [0.4, 0.5) is 4.39 Å². The third-order valence-electron chi connectivity index (χ3n) is 3.39. The Hall–Kier alpha value is -1.91. The molecule has 2 aromatic rings. The molecule has 3 rings (SSSR count). The van der Waals surface area contributed by atoms with Crippen molar-refractivity contribution >= 4 is 11.2 Å². The molecule has 2 aromatic heterocycles. The van der Waals surface area contributed by atoms with Gasteiger partial charge in [0.05, 0.1) is 12.9 Å². The maximum Gasteiger partial charge on any atom is 0.280 e. The van der Waals surface area contributed by atoms with Crippen LogP contribution in [0.3, 0.4) is 0 Å². The van der Waals surface area contributed by atoms with Gasteiger partial charge in [-0.15, -0.1) is 5.10 Å². The summed E-state index contributed by atoms with van der Waals surface area (Å²) in [5.41, 5.74) is -2.75. The number of rotatable bonds is 2. The van der Waals surface area contributed by atoms with E-state index in [1.807, 2.05) is 0 Å².